The van der Waals surface area contributed by atoms with Gasteiger partial charge < -0.3 is 10.5 Å². The Morgan fingerprint density at radius 3 is 2.79 bits per heavy atom. The number of halogens is 1. The Balaban J connectivity index is 1.68. The van der Waals surface area contributed by atoms with Gasteiger partial charge in [0.2, 0.25) is 0 Å². The minimum atomic E-state index is 0.280. The second-order valence-electron chi connectivity index (χ2n) is 4.88. The van der Waals surface area contributed by atoms with E-state index in [1.807, 2.05) is 24.3 Å². The SMILES string of the molecule is N=C(N)C1CCN(CCOc2cccc(Br)c2)CC1. The standard InChI is InChI=1S/C14H20BrN3O/c15-12-2-1-3-13(10-12)19-9-8-18-6-4-11(5-7-18)14(16)17/h1-3,10-11H,4-9H2,(H3,16,17). The van der Waals surface area contributed by atoms with Crippen LogP contribution in [0.2, 0.25) is 0 Å². The summed E-state index contributed by atoms with van der Waals surface area (Å²) in [5.74, 6) is 1.51. The molecule has 3 N–H and O–H groups in total. The number of likely N-dealkylation sites (tertiary alicyclic amines) is 1. The first kappa shape index (κ1) is 14.3. The van der Waals surface area contributed by atoms with Crippen molar-refractivity contribution in [3.63, 3.8) is 0 Å². The van der Waals surface area contributed by atoms with Gasteiger partial charge in [0.05, 0.1) is 5.84 Å². The summed E-state index contributed by atoms with van der Waals surface area (Å²) in [5.41, 5.74) is 5.54. The highest BCUT2D eigenvalue weighted by Crippen LogP contribution is 2.19. The Bertz CT molecular complexity index is 430. The zero-order valence-electron chi connectivity index (χ0n) is 10.9. The number of amidine groups is 1. The van der Waals surface area contributed by atoms with Gasteiger partial charge >= 0.3 is 0 Å². The molecule has 1 aromatic rings. The van der Waals surface area contributed by atoms with Crippen LogP contribution in [0.4, 0.5) is 0 Å². The van der Waals surface area contributed by atoms with Gasteiger partial charge in [-0.05, 0) is 44.1 Å². The van der Waals surface area contributed by atoms with E-state index >= 15 is 0 Å². The van der Waals surface area contributed by atoms with Crippen LogP contribution in [0.3, 0.4) is 0 Å². The Morgan fingerprint density at radius 1 is 1.42 bits per heavy atom. The van der Waals surface area contributed by atoms with Crippen molar-refractivity contribution in [2.24, 2.45) is 11.7 Å². The molecule has 0 saturated carbocycles. The highest BCUT2D eigenvalue weighted by atomic mass is 79.9. The van der Waals surface area contributed by atoms with E-state index in [1.165, 1.54) is 0 Å². The fraction of sp³-hybridized carbons (Fsp3) is 0.500. The maximum absolute atomic E-state index is 7.46. The molecule has 0 aromatic heterocycles. The molecule has 0 radical (unpaired) electrons. The number of nitrogens with two attached hydrogens (primary N) is 1. The summed E-state index contributed by atoms with van der Waals surface area (Å²) in [6.45, 7) is 3.64. The van der Waals surface area contributed by atoms with Gasteiger partial charge in [0.25, 0.3) is 0 Å². The molecule has 1 aliphatic rings. The van der Waals surface area contributed by atoms with E-state index in [-0.39, 0.29) is 5.92 Å². The predicted molar refractivity (Wildman–Crippen MR) is 80.7 cm³/mol. The van der Waals surface area contributed by atoms with E-state index in [1.54, 1.807) is 0 Å². The fourth-order valence-electron chi connectivity index (χ4n) is 2.32. The summed E-state index contributed by atoms with van der Waals surface area (Å²) in [4.78, 5) is 2.37. The van der Waals surface area contributed by atoms with Crippen LogP contribution in [-0.4, -0.2) is 37.0 Å². The van der Waals surface area contributed by atoms with Crippen molar-refractivity contribution in [1.29, 1.82) is 5.41 Å². The van der Waals surface area contributed by atoms with Gasteiger partial charge in [0, 0.05) is 16.9 Å². The van der Waals surface area contributed by atoms with Gasteiger partial charge in [-0.1, -0.05) is 22.0 Å². The van der Waals surface area contributed by atoms with Gasteiger partial charge in [-0.3, -0.25) is 10.3 Å². The topological polar surface area (TPSA) is 62.3 Å². The van der Waals surface area contributed by atoms with E-state index < -0.39 is 0 Å². The summed E-state index contributed by atoms with van der Waals surface area (Å²) < 4.78 is 6.76. The zero-order chi connectivity index (χ0) is 13.7. The highest BCUT2D eigenvalue weighted by molar-refractivity contribution is 9.10. The second kappa shape index (κ2) is 6.91. The average Bonchev–Trinajstić information content (AvgIpc) is 2.39. The van der Waals surface area contributed by atoms with Crippen molar-refractivity contribution in [3.8, 4) is 5.75 Å². The quantitative estimate of drug-likeness (QED) is 0.645. The van der Waals surface area contributed by atoms with Gasteiger partial charge in [0.15, 0.2) is 0 Å². The van der Waals surface area contributed by atoms with Crippen LogP contribution in [0.15, 0.2) is 28.7 Å². The molecule has 0 spiro atoms. The molecule has 19 heavy (non-hydrogen) atoms. The number of nitrogens with zero attached hydrogens (tertiary/aromatic N) is 1. The van der Waals surface area contributed by atoms with Crippen molar-refractivity contribution in [2.45, 2.75) is 12.8 Å². The molecule has 0 atom stereocenters. The van der Waals surface area contributed by atoms with E-state index in [9.17, 15) is 0 Å². The molecule has 4 nitrogen and oxygen atoms in total. The number of piperidine rings is 1. The van der Waals surface area contributed by atoms with Crippen molar-refractivity contribution in [2.75, 3.05) is 26.2 Å². The van der Waals surface area contributed by atoms with Crippen molar-refractivity contribution < 1.29 is 4.74 Å². The minimum absolute atomic E-state index is 0.280. The zero-order valence-corrected chi connectivity index (χ0v) is 12.5. The Kier molecular flexibility index (Phi) is 5.22. The molecule has 0 amide bonds. The summed E-state index contributed by atoms with van der Waals surface area (Å²) in [5, 5.41) is 7.46. The molecular weight excluding hydrogens is 306 g/mol. The van der Waals surface area contributed by atoms with Crippen LogP contribution in [0.1, 0.15) is 12.8 Å². The van der Waals surface area contributed by atoms with Gasteiger partial charge in [-0.15, -0.1) is 0 Å². The van der Waals surface area contributed by atoms with Crippen LogP contribution in [0.25, 0.3) is 0 Å². The molecule has 1 heterocycles. The maximum Gasteiger partial charge on any atom is 0.120 e. The molecule has 0 unspecified atom stereocenters. The normalized spacial score (nSPS) is 17.3. The highest BCUT2D eigenvalue weighted by Gasteiger charge is 2.20. The predicted octanol–water partition coefficient (Wildman–Crippen LogP) is 2.48. The lowest BCUT2D eigenvalue weighted by atomic mass is 9.96. The summed E-state index contributed by atoms with van der Waals surface area (Å²) >= 11 is 3.43. The molecule has 1 aliphatic heterocycles. The van der Waals surface area contributed by atoms with Crippen LogP contribution >= 0.6 is 15.9 Å². The number of ether oxygens (including phenoxy) is 1. The number of rotatable bonds is 5. The number of hydrogen-bond donors (Lipinski definition) is 2. The Labute approximate surface area is 122 Å². The van der Waals surface area contributed by atoms with Crippen molar-refractivity contribution in [1.82, 2.24) is 4.90 Å². The first-order valence-electron chi connectivity index (χ1n) is 6.60. The average molecular weight is 326 g/mol. The Hall–Kier alpha value is -1.07. The third-order valence-corrected chi connectivity index (χ3v) is 3.99. The molecule has 0 bridgehead atoms. The molecular formula is C14H20BrN3O. The van der Waals surface area contributed by atoms with Crippen LogP contribution < -0.4 is 10.5 Å². The Morgan fingerprint density at radius 2 is 2.16 bits per heavy atom. The summed E-state index contributed by atoms with van der Waals surface area (Å²) in [6.07, 6.45) is 1.98. The van der Waals surface area contributed by atoms with Crippen molar-refractivity contribution >= 4 is 21.8 Å². The van der Waals surface area contributed by atoms with Gasteiger partial charge in [-0.25, -0.2) is 0 Å². The lowest BCUT2D eigenvalue weighted by Crippen LogP contribution is -2.40. The first-order valence-corrected chi connectivity index (χ1v) is 7.39. The molecule has 104 valence electrons. The number of benzene rings is 1. The van der Waals surface area contributed by atoms with E-state index in [2.05, 4.69) is 20.8 Å². The molecule has 5 heteroatoms. The number of nitrogens with one attached hydrogen (secondary N) is 1. The maximum atomic E-state index is 7.46. The molecule has 0 aliphatic carbocycles. The van der Waals surface area contributed by atoms with Crippen LogP contribution in [0, 0.1) is 11.3 Å². The second-order valence-corrected chi connectivity index (χ2v) is 5.79. The molecule has 1 aromatic carbocycles. The van der Waals surface area contributed by atoms with E-state index in [0.717, 1.165) is 42.7 Å². The molecule has 1 fully saturated rings. The van der Waals surface area contributed by atoms with Gasteiger partial charge in [-0.2, -0.15) is 0 Å². The largest absolute Gasteiger partial charge is 0.492 e. The smallest absolute Gasteiger partial charge is 0.120 e. The van der Waals surface area contributed by atoms with Crippen molar-refractivity contribution in [3.05, 3.63) is 28.7 Å². The monoisotopic (exact) mass is 325 g/mol. The van der Waals surface area contributed by atoms with Crippen LogP contribution in [0.5, 0.6) is 5.75 Å². The van der Waals surface area contributed by atoms with Gasteiger partial charge in [0.1, 0.15) is 12.4 Å². The fourth-order valence-corrected chi connectivity index (χ4v) is 2.70. The first-order chi connectivity index (χ1) is 9.15. The third kappa shape index (κ3) is 4.51. The minimum Gasteiger partial charge on any atom is -0.492 e. The summed E-state index contributed by atoms with van der Waals surface area (Å²) in [6, 6.07) is 7.89. The number of hydrogen-bond acceptors (Lipinski definition) is 3. The van der Waals surface area contributed by atoms with E-state index in [0.29, 0.717) is 12.4 Å². The third-order valence-electron chi connectivity index (χ3n) is 3.50. The lowest BCUT2D eigenvalue weighted by Gasteiger charge is -2.31. The molecule has 2 rings (SSSR count). The van der Waals surface area contributed by atoms with Crippen LogP contribution in [-0.2, 0) is 0 Å². The van der Waals surface area contributed by atoms with E-state index in [4.69, 9.17) is 15.9 Å². The summed E-state index contributed by atoms with van der Waals surface area (Å²) in [7, 11) is 0. The lowest BCUT2D eigenvalue weighted by molar-refractivity contribution is 0.171. The molecule has 1 saturated heterocycles.